The molecule has 0 aliphatic heterocycles. The monoisotopic (exact) mass is 246 g/mol. The molecular formula is C13H14N2O3. The molecule has 1 aromatic heterocycles. The maximum Gasteiger partial charge on any atom is 0.353 e. The van der Waals surface area contributed by atoms with Gasteiger partial charge in [-0.2, -0.15) is 5.10 Å². The van der Waals surface area contributed by atoms with E-state index in [1.165, 1.54) is 6.07 Å². The molecule has 2 N–H and O–H groups in total. The summed E-state index contributed by atoms with van der Waals surface area (Å²) in [6.45, 7) is 1.96. The Morgan fingerprint density at radius 3 is 2.56 bits per heavy atom. The Kier molecular flexibility index (Phi) is 3.43. The van der Waals surface area contributed by atoms with E-state index >= 15 is 0 Å². The van der Waals surface area contributed by atoms with Gasteiger partial charge in [0, 0.05) is 12.7 Å². The van der Waals surface area contributed by atoms with Crippen LogP contribution in [0.3, 0.4) is 0 Å². The molecule has 0 amide bonds. The van der Waals surface area contributed by atoms with Crippen molar-refractivity contribution in [1.82, 2.24) is 10.2 Å². The molecule has 0 bridgehead atoms. The third-order valence-electron chi connectivity index (χ3n) is 2.84. The van der Waals surface area contributed by atoms with Crippen molar-refractivity contribution in [3.05, 3.63) is 41.6 Å². The van der Waals surface area contributed by atoms with Crippen LogP contribution in [0.15, 0.2) is 30.3 Å². The predicted octanol–water partition coefficient (Wildman–Crippen LogP) is 2.48. The van der Waals surface area contributed by atoms with Gasteiger partial charge < -0.3 is 9.84 Å². The molecule has 94 valence electrons. The topological polar surface area (TPSA) is 75.2 Å². The average Bonchev–Trinajstić information content (AvgIpc) is 2.88. The largest absolute Gasteiger partial charge is 0.477 e. The van der Waals surface area contributed by atoms with Gasteiger partial charge in [0.25, 0.3) is 0 Å². The molecule has 0 saturated carbocycles. The summed E-state index contributed by atoms with van der Waals surface area (Å²) < 4.78 is 5.22. The van der Waals surface area contributed by atoms with E-state index in [0.29, 0.717) is 5.69 Å². The number of methoxy groups -OCH3 is 1. The number of carboxylic acid groups (broad SMARTS) is 1. The molecule has 0 spiro atoms. The highest BCUT2D eigenvalue weighted by Crippen LogP contribution is 2.22. The van der Waals surface area contributed by atoms with Gasteiger partial charge in [-0.05, 0) is 18.6 Å². The van der Waals surface area contributed by atoms with Crippen molar-refractivity contribution in [2.24, 2.45) is 0 Å². The molecule has 0 aliphatic rings. The fourth-order valence-corrected chi connectivity index (χ4v) is 1.64. The Morgan fingerprint density at radius 1 is 1.39 bits per heavy atom. The Balaban J connectivity index is 2.25. The second-order valence-corrected chi connectivity index (χ2v) is 3.97. The highest BCUT2D eigenvalue weighted by molar-refractivity contribution is 5.86. The molecule has 5 nitrogen and oxygen atoms in total. The lowest BCUT2D eigenvalue weighted by Crippen LogP contribution is -1.95. The van der Waals surface area contributed by atoms with Crippen LogP contribution in [-0.4, -0.2) is 28.4 Å². The molecule has 0 saturated heterocycles. The Bertz CT molecular complexity index is 546. The zero-order valence-corrected chi connectivity index (χ0v) is 10.2. The van der Waals surface area contributed by atoms with Crippen LogP contribution in [0, 0.1) is 0 Å². The molecule has 0 radical (unpaired) electrons. The van der Waals surface area contributed by atoms with Gasteiger partial charge >= 0.3 is 5.97 Å². The Hall–Kier alpha value is -2.14. The number of H-pyrrole nitrogens is 1. The van der Waals surface area contributed by atoms with E-state index in [-0.39, 0.29) is 11.8 Å². The van der Waals surface area contributed by atoms with Crippen molar-refractivity contribution >= 4 is 5.97 Å². The highest BCUT2D eigenvalue weighted by Gasteiger charge is 2.10. The van der Waals surface area contributed by atoms with Crippen LogP contribution in [-0.2, 0) is 4.74 Å². The molecule has 1 aromatic carbocycles. The van der Waals surface area contributed by atoms with Crippen LogP contribution in [0.5, 0.6) is 0 Å². The first-order chi connectivity index (χ1) is 8.61. The van der Waals surface area contributed by atoms with Gasteiger partial charge in [-0.15, -0.1) is 0 Å². The first-order valence-electron chi connectivity index (χ1n) is 5.53. The number of aromatic carboxylic acids is 1. The summed E-state index contributed by atoms with van der Waals surface area (Å²) in [5.74, 6) is -1.02. The standard InChI is InChI=1S/C13H14N2O3/c1-8(18-2)9-3-5-10(6-4-9)11-7-12(13(16)17)15-14-11/h3-8H,1-2H3,(H,14,15)(H,16,17). The molecular weight excluding hydrogens is 232 g/mol. The van der Waals surface area contributed by atoms with Crippen molar-refractivity contribution in [2.75, 3.05) is 7.11 Å². The van der Waals surface area contributed by atoms with E-state index < -0.39 is 5.97 Å². The third-order valence-corrected chi connectivity index (χ3v) is 2.84. The minimum atomic E-state index is -1.02. The number of carboxylic acids is 1. The number of rotatable bonds is 4. The fraction of sp³-hybridized carbons (Fsp3) is 0.231. The van der Waals surface area contributed by atoms with Crippen molar-refractivity contribution < 1.29 is 14.6 Å². The van der Waals surface area contributed by atoms with E-state index in [9.17, 15) is 4.79 Å². The van der Waals surface area contributed by atoms with E-state index in [1.54, 1.807) is 7.11 Å². The summed E-state index contributed by atoms with van der Waals surface area (Å²) in [4.78, 5) is 10.7. The first kappa shape index (κ1) is 12.3. The van der Waals surface area contributed by atoms with Gasteiger partial charge in [0.1, 0.15) is 5.69 Å². The second-order valence-electron chi connectivity index (χ2n) is 3.97. The summed E-state index contributed by atoms with van der Waals surface area (Å²) in [6.07, 6.45) is 0.0350. The van der Waals surface area contributed by atoms with Gasteiger partial charge in [-0.25, -0.2) is 4.79 Å². The summed E-state index contributed by atoms with van der Waals surface area (Å²) in [5, 5.41) is 15.2. The van der Waals surface area contributed by atoms with Crippen LogP contribution in [0.2, 0.25) is 0 Å². The number of hydrogen-bond acceptors (Lipinski definition) is 3. The van der Waals surface area contributed by atoms with Crippen LogP contribution in [0.25, 0.3) is 11.3 Å². The number of aromatic nitrogens is 2. The summed E-state index contributed by atoms with van der Waals surface area (Å²) in [7, 11) is 1.66. The van der Waals surface area contributed by atoms with E-state index in [1.807, 2.05) is 31.2 Å². The summed E-state index contributed by atoms with van der Waals surface area (Å²) in [6, 6.07) is 9.19. The SMILES string of the molecule is COC(C)c1ccc(-c2cc(C(=O)O)[nH]n2)cc1. The summed E-state index contributed by atoms with van der Waals surface area (Å²) >= 11 is 0. The van der Waals surface area contributed by atoms with Crippen LogP contribution in [0.1, 0.15) is 29.1 Å². The number of carbonyl (C=O) groups is 1. The van der Waals surface area contributed by atoms with E-state index in [4.69, 9.17) is 9.84 Å². The zero-order chi connectivity index (χ0) is 13.1. The number of nitrogens with zero attached hydrogens (tertiary/aromatic N) is 1. The maximum absolute atomic E-state index is 10.7. The molecule has 2 aromatic rings. The lowest BCUT2D eigenvalue weighted by atomic mass is 10.1. The number of aromatic amines is 1. The third kappa shape index (κ3) is 2.41. The smallest absolute Gasteiger partial charge is 0.353 e. The number of hydrogen-bond donors (Lipinski definition) is 2. The fourth-order valence-electron chi connectivity index (χ4n) is 1.64. The van der Waals surface area contributed by atoms with Crippen molar-refractivity contribution in [1.29, 1.82) is 0 Å². The van der Waals surface area contributed by atoms with Crippen molar-refractivity contribution in [2.45, 2.75) is 13.0 Å². The lowest BCUT2D eigenvalue weighted by molar-refractivity contribution is 0.0690. The molecule has 1 heterocycles. The van der Waals surface area contributed by atoms with Gasteiger partial charge in [-0.3, -0.25) is 5.10 Å². The average molecular weight is 246 g/mol. The Morgan fingerprint density at radius 2 is 2.06 bits per heavy atom. The van der Waals surface area contributed by atoms with Crippen molar-refractivity contribution in [3.63, 3.8) is 0 Å². The van der Waals surface area contributed by atoms with Crippen molar-refractivity contribution in [3.8, 4) is 11.3 Å². The normalized spacial score (nSPS) is 12.3. The van der Waals surface area contributed by atoms with E-state index in [0.717, 1.165) is 11.1 Å². The van der Waals surface area contributed by atoms with Gasteiger partial charge in [0.2, 0.25) is 0 Å². The van der Waals surface area contributed by atoms with Crippen LogP contribution in [0.4, 0.5) is 0 Å². The molecule has 5 heteroatoms. The number of nitrogens with one attached hydrogen (secondary N) is 1. The molecule has 1 atom stereocenters. The molecule has 18 heavy (non-hydrogen) atoms. The van der Waals surface area contributed by atoms with E-state index in [2.05, 4.69) is 10.2 Å². The van der Waals surface area contributed by atoms with Gasteiger partial charge in [0.15, 0.2) is 0 Å². The zero-order valence-electron chi connectivity index (χ0n) is 10.2. The lowest BCUT2D eigenvalue weighted by Gasteiger charge is -2.09. The number of benzene rings is 1. The maximum atomic E-state index is 10.7. The Labute approximate surface area is 104 Å². The number of ether oxygens (including phenoxy) is 1. The minimum absolute atomic E-state index is 0.0350. The highest BCUT2D eigenvalue weighted by atomic mass is 16.5. The predicted molar refractivity (Wildman–Crippen MR) is 66.4 cm³/mol. The molecule has 2 rings (SSSR count). The quantitative estimate of drug-likeness (QED) is 0.869. The van der Waals surface area contributed by atoms with Crippen LogP contribution < -0.4 is 0 Å². The molecule has 0 aliphatic carbocycles. The van der Waals surface area contributed by atoms with Crippen LogP contribution >= 0.6 is 0 Å². The molecule has 0 fully saturated rings. The van der Waals surface area contributed by atoms with Gasteiger partial charge in [0.05, 0.1) is 11.8 Å². The first-order valence-corrected chi connectivity index (χ1v) is 5.53. The minimum Gasteiger partial charge on any atom is -0.477 e. The van der Waals surface area contributed by atoms with Gasteiger partial charge in [-0.1, -0.05) is 24.3 Å². The summed E-state index contributed by atoms with van der Waals surface area (Å²) in [5.41, 5.74) is 2.63. The second kappa shape index (κ2) is 5.01. The molecule has 1 unspecified atom stereocenters.